The summed E-state index contributed by atoms with van der Waals surface area (Å²) in [5.41, 5.74) is 2.23. The van der Waals surface area contributed by atoms with E-state index in [4.69, 9.17) is 16.6 Å². The van der Waals surface area contributed by atoms with Gasteiger partial charge in [-0.1, -0.05) is 47.1 Å². The molecule has 3 aromatic rings. The normalized spacial score (nSPS) is 16.9. The molecule has 1 fully saturated rings. The molecule has 2 heterocycles. The van der Waals surface area contributed by atoms with E-state index in [0.29, 0.717) is 16.5 Å². The molecule has 0 saturated carbocycles. The zero-order valence-corrected chi connectivity index (χ0v) is 21.4. The van der Waals surface area contributed by atoms with Crippen LogP contribution in [0.5, 0.6) is 0 Å². The van der Waals surface area contributed by atoms with Gasteiger partial charge in [0.2, 0.25) is 11.8 Å². The lowest BCUT2D eigenvalue weighted by Gasteiger charge is -2.16. The Morgan fingerprint density at radius 1 is 1.16 bits per heavy atom. The fraction of sp³-hybridized carbons (Fsp3) is 0.231. The monoisotopic (exact) mass is 546 g/mol. The molecule has 0 bridgehead atoms. The molecular weight excluding hydrogens is 525 g/mol. The Bertz CT molecular complexity index is 1370. The third-order valence-corrected chi connectivity index (χ3v) is 7.07. The highest BCUT2D eigenvalue weighted by atomic mass is 35.5. The predicted octanol–water partition coefficient (Wildman–Crippen LogP) is 6.53. The second kappa shape index (κ2) is 10.9. The Morgan fingerprint density at radius 2 is 1.95 bits per heavy atom. The minimum atomic E-state index is -4.67. The number of amidine groups is 1. The number of anilines is 1. The Kier molecular flexibility index (Phi) is 7.89. The second-order valence-corrected chi connectivity index (χ2v) is 10.1. The van der Waals surface area contributed by atoms with Crippen LogP contribution in [-0.2, 0) is 22.3 Å². The summed E-state index contributed by atoms with van der Waals surface area (Å²) in [5.74, 6) is -0.937. The molecule has 1 saturated heterocycles. The first kappa shape index (κ1) is 26.7. The molecule has 0 aliphatic carbocycles. The highest BCUT2D eigenvalue weighted by molar-refractivity contribution is 8.15. The third kappa shape index (κ3) is 6.50. The number of aromatic nitrogens is 1. The van der Waals surface area contributed by atoms with Crippen molar-refractivity contribution in [3.63, 3.8) is 0 Å². The number of hydrogen-bond acceptors (Lipinski definition) is 5. The van der Waals surface area contributed by atoms with Crippen LogP contribution in [0.4, 0.5) is 24.5 Å². The van der Waals surface area contributed by atoms with Gasteiger partial charge in [-0.2, -0.15) is 13.2 Å². The summed E-state index contributed by atoms with van der Waals surface area (Å²) in [7, 11) is 0. The summed E-state index contributed by atoms with van der Waals surface area (Å²) in [5, 5.41) is 1.59. The molecule has 11 heteroatoms. The van der Waals surface area contributed by atoms with Crippen LogP contribution in [-0.4, -0.2) is 32.1 Å². The first-order valence-corrected chi connectivity index (χ1v) is 12.5. The molecule has 0 unspecified atom stereocenters. The minimum absolute atomic E-state index is 0.0633. The first-order valence-electron chi connectivity index (χ1n) is 11.2. The maximum Gasteiger partial charge on any atom is 0.417 e. The van der Waals surface area contributed by atoms with E-state index in [1.54, 1.807) is 18.3 Å². The molecule has 192 valence electrons. The van der Waals surface area contributed by atoms with Crippen molar-refractivity contribution in [2.24, 2.45) is 4.99 Å². The van der Waals surface area contributed by atoms with Crippen molar-refractivity contribution in [1.29, 1.82) is 0 Å². The molecule has 1 aliphatic heterocycles. The van der Waals surface area contributed by atoms with Crippen molar-refractivity contribution >= 4 is 51.7 Å². The van der Waals surface area contributed by atoms with E-state index in [-0.39, 0.29) is 24.6 Å². The molecule has 2 amide bonds. The second-order valence-electron chi connectivity index (χ2n) is 8.48. The third-order valence-electron chi connectivity index (χ3n) is 5.56. The van der Waals surface area contributed by atoms with Crippen molar-refractivity contribution < 1.29 is 22.8 Å². The number of alkyl halides is 3. The number of carbonyl (C=O) groups is 2. The number of aryl methyl sites for hydroxylation is 2. The van der Waals surface area contributed by atoms with Gasteiger partial charge in [0, 0.05) is 18.3 Å². The number of halogens is 4. The van der Waals surface area contributed by atoms with E-state index in [2.05, 4.69) is 10.3 Å². The summed E-state index contributed by atoms with van der Waals surface area (Å²) in [4.78, 5) is 36.5. The summed E-state index contributed by atoms with van der Waals surface area (Å²) < 4.78 is 39.5. The number of aliphatic imine (C=N–C) groups is 1. The Balaban J connectivity index is 1.56. The van der Waals surface area contributed by atoms with Gasteiger partial charge < -0.3 is 5.32 Å². The highest BCUT2D eigenvalue weighted by Gasteiger charge is 2.40. The first-order chi connectivity index (χ1) is 17.5. The van der Waals surface area contributed by atoms with Crippen LogP contribution in [0, 0.1) is 13.8 Å². The van der Waals surface area contributed by atoms with Crippen LogP contribution >= 0.6 is 23.4 Å². The van der Waals surface area contributed by atoms with Gasteiger partial charge in [0.1, 0.15) is 5.25 Å². The van der Waals surface area contributed by atoms with E-state index in [1.165, 1.54) is 11.0 Å². The number of thioether (sulfide) groups is 1. The van der Waals surface area contributed by atoms with Gasteiger partial charge in [0.05, 0.1) is 28.5 Å². The quantitative estimate of drug-likeness (QED) is 0.381. The lowest BCUT2D eigenvalue weighted by molar-refractivity contribution is -0.137. The van der Waals surface area contributed by atoms with Crippen molar-refractivity contribution in [1.82, 2.24) is 9.88 Å². The van der Waals surface area contributed by atoms with Gasteiger partial charge in [-0.25, -0.2) is 4.99 Å². The molecule has 2 aromatic carbocycles. The van der Waals surface area contributed by atoms with Crippen LogP contribution in [0.15, 0.2) is 65.8 Å². The van der Waals surface area contributed by atoms with Crippen LogP contribution in [0.25, 0.3) is 0 Å². The molecule has 4 rings (SSSR count). The van der Waals surface area contributed by atoms with E-state index in [9.17, 15) is 22.8 Å². The standard InChI is InChI=1S/C26H22ClF3N4O2S/c1-15-6-9-21(16(2)11-15)33-25-34(14-18-5-3-4-10-31-18)24(36)22(37-25)13-23(35)32-17-7-8-20(27)19(12-17)26(28,29)30/h3-12,22H,13-14H2,1-2H3,(H,32,35)/t22-/m1/s1. The predicted molar refractivity (Wildman–Crippen MR) is 139 cm³/mol. The molecule has 1 aromatic heterocycles. The number of nitrogens with zero attached hydrogens (tertiary/aromatic N) is 3. The van der Waals surface area contributed by atoms with Crippen LogP contribution in [0.2, 0.25) is 5.02 Å². The Morgan fingerprint density at radius 3 is 2.62 bits per heavy atom. The molecule has 1 N–H and O–H groups in total. The lowest BCUT2D eigenvalue weighted by Crippen LogP contribution is -2.33. The van der Waals surface area contributed by atoms with Crippen molar-refractivity contribution in [3.8, 4) is 0 Å². The number of amides is 2. The molecule has 1 atom stereocenters. The number of hydrogen-bond donors (Lipinski definition) is 1. The van der Waals surface area contributed by atoms with Gasteiger partial charge in [-0.05, 0) is 55.8 Å². The molecule has 0 radical (unpaired) electrons. The van der Waals surface area contributed by atoms with E-state index in [0.717, 1.165) is 35.0 Å². The van der Waals surface area contributed by atoms with E-state index < -0.39 is 27.9 Å². The number of carbonyl (C=O) groups excluding carboxylic acids is 2. The summed E-state index contributed by atoms with van der Waals surface area (Å²) >= 11 is 6.79. The van der Waals surface area contributed by atoms with Gasteiger partial charge in [0.15, 0.2) is 5.17 Å². The largest absolute Gasteiger partial charge is 0.417 e. The molecule has 6 nitrogen and oxygen atoms in total. The molecule has 1 aliphatic rings. The van der Waals surface area contributed by atoms with Gasteiger partial charge in [0.25, 0.3) is 0 Å². The minimum Gasteiger partial charge on any atom is -0.326 e. The maximum atomic E-state index is 13.3. The number of rotatable bonds is 6. The Labute approximate surface area is 220 Å². The fourth-order valence-corrected chi connectivity index (χ4v) is 5.13. The van der Waals surface area contributed by atoms with Crippen LogP contribution < -0.4 is 5.32 Å². The van der Waals surface area contributed by atoms with Gasteiger partial charge >= 0.3 is 6.18 Å². The topological polar surface area (TPSA) is 74.7 Å². The SMILES string of the molecule is Cc1ccc(N=C2S[C@H](CC(=O)Nc3ccc(Cl)c(C(F)(F)F)c3)C(=O)N2Cc2ccccn2)c(C)c1. The summed E-state index contributed by atoms with van der Waals surface area (Å²) in [6.07, 6.45) is -3.30. The van der Waals surface area contributed by atoms with Gasteiger partial charge in [-0.3, -0.25) is 19.5 Å². The summed E-state index contributed by atoms with van der Waals surface area (Å²) in [6, 6.07) is 14.2. The zero-order chi connectivity index (χ0) is 26.7. The highest BCUT2D eigenvalue weighted by Crippen LogP contribution is 2.37. The Hall–Kier alpha value is -3.37. The number of nitrogens with one attached hydrogen (secondary N) is 1. The lowest BCUT2D eigenvalue weighted by atomic mass is 10.1. The van der Waals surface area contributed by atoms with Crippen LogP contribution in [0.1, 0.15) is 28.8 Å². The number of pyridine rings is 1. The van der Waals surface area contributed by atoms with Crippen LogP contribution in [0.3, 0.4) is 0 Å². The van der Waals surface area contributed by atoms with Gasteiger partial charge in [-0.15, -0.1) is 0 Å². The smallest absolute Gasteiger partial charge is 0.326 e. The van der Waals surface area contributed by atoms with Crippen molar-refractivity contribution in [2.45, 2.75) is 38.2 Å². The average molecular weight is 547 g/mol. The molecule has 0 spiro atoms. The van der Waals surface area contributed by atoms with E-state index in [1.807, 2.05) is 38.1 Å². The molecule has 37 heavy (non-hydrogen) atoms. The average Bonchev–Trinajstić information content (AvgIpc) is 3.11. The van der Waals surface area contributed by atoms with Crippen molar-refractivity contribution in [2.75, 3.05) is 5.32 Å². The molecular formula is C26H22ClF3N4O2S. The fourth-order valence-electron chi connectivity index (χ4n) is 3.76. The summed E-state index contributed by atoms with van der Waals surface area (Å²) in [6.45, 7) is 4.06. The number of benzene rings is 2. The van der Waals surface area contributed by atoms with E-state index >= 15 is 0 Å². The maximum absolute atomic E-state index is 13.3. The van der Waals surface area contributed by atoms with Crippen molar-refractivity contribution in [3.05, 3.63) is 88.2 Å². The zero-order valence-electron chi connectivity index (χ0n) is 19.8.